The van der Waals surface area contributed by atoms with E-state index in [2.05, 4.69) is 5.32 Å². The first-order valence-electron chi connectivity index (χ1n) is 6.62. The predicted molar refractivity (Wildman–Crippen MR) is 75.7 cm³/mol. The van der Waals surface area contributed by atoms with E-state index >= 15 is 0 Å². The fraction of sp³-hybridized carbons (Fsp3) is 0.400. The second-order valence-corrected chi connectivity index (χ2v) is 4.71. The van der Waals surface area contributed by atoms with Crippen molar-refractivity contribution in [2.24, 2.45) is 0 Å². The van der Waals surface area contributed by atoms with Gasteiger partial charge in [-0.25, -0.2) is 0 Å². The molecular weight excluding hydrogens is 272 g/mol. The number of ether oxygens (including phenoxy) is 1. The number of hydrogen-bond acceptors (Lipinski definition) is 4. The van der Waals surface area contributed by atoms with Gasteiger partial charge in [0.25, 0.3) is 5.91 Å². The first-order valence-corrected chi connectivity index (χ1v) is 6.62. The summed E-state index contributed by atoms with van der Waals surface area (Å²) < 4.78 is 5.47. The van der Waals surface area contributed by atoms with Gasteiger partial charge in [0, 0.05) is 12.5 Å². The zero-order valence-corrected chi connectivity index (χ0v) is 12.0. The molecule has 2 atom stereocenters. The van der Waals surface area contributed by atoms with Gasteiger partial charge in [-0.15, -0.1) is 0 Å². The fourth-order valence-corrected chi connectivity index (χ4v) is 1.68. The molecule has 0 aliphatic carbocycles. The van der Waals surface area contributed by atoms with E-state index in [1.807, 2.05) is 6.07 Å². The molecule has 0 bridgehead atoms. The Hall–Kier alpha value is -2.55. The zero-order chi connectivity index (χ0) is 15.8. The molecule has 0 aromatic heterocycles. The Morgan fingerprint density at radius 3 is 2.67 bits per heavy atom. The summed E-state index contributed by atoms with van der Waals surface area (Å²) in [5.41, 5.74) is 0.357. The molecule has 0 fully saturated rings. The Morgan fingerprint density at radius 2 is 2.05 bits per heavy atom. The third-order valence-electron chi connectivity index (χ3n) is 2.86. The van der Waals surface area contributed by atoms with Crippen molar-refractivity contribution in [3.05, 3.63) is 29.8 Å². The second kappa shape index (κ2) is 7.90. The Balaban J connectivity index is 2.55. The van der Waals surface area contributed by atoms with Crippen molar-refractivity contribution in [3.8, 4) is 11.8 Å². The Labute approximate surface area is 123 Å². The number of benzene rings is 1. The van der Waals surface area contributed by atoms with Gasteiger partial charge in [0.1, 0.15) is 11.8 Å². The molecule has 1 rings (SSSR count). The summed E-state index contributed by atoms with van der Waals surface area (Å²) in [5.74, 6) is -0.898. The van der Waals surface area contributed by atoms with Crippen LogP contribution in [0.4, 0.5) is 0 Å². The predicted octanol–water partition coefficient (Wildman–Crippen LogP) is 1.70. The second-order valence-electron chi connectivity index (χ2n) is 4.71. The first-order chi connectivity index (χ1) is 9.93. The normalized spacial score (nSPS) is 12.8. The highest BCUT2D eigenvalue weighted by Gasteiger charge is 2.18. The summed E-state index contributed by atoms with van der Waals surface area (Å²) in [7, 11) is 0. The van der Waals surface area contributed by atoms with Gasteiger partial charge in [0.15, 0.2) is 6.10 Å². The molecule has 1 amide bonds. The van der Waals surface area contributed by atoms with Gasteiger partial charge >= 0.3 is 5.97 Å². The lowest BCUT2D eigenvalue weighted by Crippen LogP contribution is -2.41. The van der Waals surface area contributed by atoms with Crippen molar-refractivity contribution in [2.75, 3.05) is 0 Å². The molecule has 6 nitrogen and oxygen atoms in total. The van der Waals surface area contributed by atoms with E-state index in [1.54, 1.807) is 38.1 Å². The number of carboxylic acids is 1. The molecule has 0 spiro atoms. The number of nitrogens with zero attached hydrogens (tertiary/aromatic N) is 1. The van der Waals surface area contributed by atoms with E-state index in [4.69, 9.17) is 15.1 Å². The highest BCUT2D eigenvalue weighted by Crippen LogP contribution is 2.18. The van der Waals surface area contributed by atoms with Gasteiger partial charge in [0.2, 0.25) is 0 Å². The lowest BCUT2D eigenvalue weighted by molar-refractivity contribution is -0.137. The number of nitriles is 1. The molecule has 0 radical (unpaired) electrons. The molecule has 0 saturated carbocycles. The van der Waals surface area contributed by atoms with Crippen molar-refractivity contribution in [2.45, 2.75) is 38.8 Å². The number of rotatable bonds is 7. The maximum atomic E-state index is 11.9. The topological polar surface area (TPSA) is 99.4 Å². The molecule has 112 valence electrons. The van der Waals surface area contributed by atoms with Crippen molar-refractivity contribution in [3.63, 3.8) is 0 Å². The van der Waals surface area contributed by atoms with E-state index in [1.165, 1.54) is 0 Å². The van der Waals surface area contributed by atoms with E-state index < -0.39 is 12.1 Å². The van der Waals surface area contributed by atoms with Crippen molar-refractivity contribution in [1.29, 1.82) is 5.26 Å². The summed E-state index contributed by atoms with van der Waals surface area (Å²) >= 11 is 0. The maximum absolute atomic E-state index is 11.9. The van der Waals surface area contributed by atoms with E-state index in [9.17, 15) is 9.59 Å². The molecule has 2 unspecified atom stereocenters. The molecule has 21 heavy (non-hydrogen) atoms. The van der Waals surface area contributed by atoms with Gasteiger partial charge in [-0.3, -0.25) is 9.59 Å². The number of para-hydroxylation sites is 1. The summed E-state index contributed by atoms with van der Waals surface area (Å²) in [6, 6.07) is 8.39. The van der Waals surface area contributed by atoms with Crippen LogP contribution in [-0.2, 0) is 9.59 Å². The molecule has 2 N–H and O–H groups in total. The monoisotopic (exact) mass is 290 g/mol. The van der Waals surface area contributed by atoms with Crippen LogP contribution in [0.3, 0.4) is 0 Å². The van der Waals surface area contributed by atoms with Gasteiger partial charge in [-0.05, 0) is 32.4 Å². The number of hydrogen-bond donors (Lipinski definition) is 2. The minimum absolute atomic E-state index is 0.00600. The van der Waals surface area contributed by atoms with E-state index in [0.717, 1.165) is 0 Å². The Morgan fingerprint density at radius 1 is 1.38 bits per heavy atom. The smallest absolute Gasteiger partial charge is 0.303 e. The molecule has 0 heterocycles. The number of carbonyl (C=O) groups excluding carboxylic acids is 1. The van der Waals surface area contributed by atoms with Crippen LogP contribution in [0, 0.1) is 11.3 Å². The van der Waals surface area contributed by atoms with Crippen molar-refractivity contribution in [1.82, 2.24) is 5.32 Å². The van der Waals surface area contributed by atoms with Gasteiger partial charge in [-0.2, -0.15) is 5.26 Å². The van der Waals surface area contributed by atoms with Crippen LogP contribution in [-0.4, -0.2) is 29.1 Å². The number of amides is 1. The van der Waals surface area contributed by atoms with Gasteiger partial charge < -0.3 is 15.2 Å². The van der Waals surface area contributed by atoms with Crippen LogP contribution >= 0.6 is 0 Å². The van der Waals surface area contributed by atoms with Crippen molar-refractivity contribution < 1.29 is 19.4 Å². The van der Waals surface area contributed by atoms with Crippen LogP contribution in [0.5, 0.6) is 5.75 Å². The molecule has 6 heteroatoms. The van der Waals surface area contributed by atoms with Gasteiger partial charge in [-0.1, -0.05) is 12.1 Å². The number of nitrogens with one attached hydrogen (secondary N) is 1. The third-order valence-corrected chi connectivity index (χ3v) is 2.86. The lowest BCUT2D eigenvalue weighted by atomic mass is 10.1. The molecular formula is C15H18N2O4. The standard InChI is InChI=1S/C15H18N2O4/c1-10(7-8-14(18)19)17-15(20)11(2)21-13-6-4-3-5-12(13)9-16/h3-6,10-11H,7-8H2,1-2H3,(H,17,20)(H,18,19). The van der Waals surface area contributed by atoms with Crippen LogP contribution in [0.2, 0.25) is 0 Å². The average molecular weight is 290 g/mol. The number of carboxylic acid groups (broad SMARTS) is 1. The number of aliphatic carboxylic acids is 1. The molecule has 1 aromatic carbocycles. The number of carbonyl (C=O) groups is 2. The molecule has 1 aromatic rings. The largest absolute Gasteiger partial charge is 0.481 e. The highest BCUT2D eigenvalue weighted by molar-refractivity contribution is 5.81. The first kappa shape index (κ1) is 16.5. The Kier molecular flexibility index (Phi) is 6.21. The van der Waals surface area contributed by atoms with E-state index in [0.29, 0.717) is 17.7 Å². The average Bonchev–Trinajstić information content (AvgIpc) is 2.45. The lowest BCUT2D eigenvalue weighted by Gasteiger charge is -2.18. The van der Waals surface area contributed by atoms with Crippen molar-refractivity contribution >= 4 is 11.9 Å². The third kappa shape index (κ3) is 5.53. The highest BCUT2D eigenvalue weighted by atomic mass is 16.5. The van der Waals surface area contributed by atoms with Crippen LogP contribution < -0.4 is 10.1 Å². The molecule has 0 aliphatic heterocycles. The fourth-order valence-electron chi connectivity index (χ4n) is 1.68. The maximum Gasteiger partial charge on any atom is 0.303 e. The summed E-state index contributed by atoms with van der Waals surface area (Å²) in [6.45, 7) is 3.31. The molecule has 0 aliphatic rings. The quantitative estimate of drug-likeness (QED) is 0.796. The summed E-state index contributed by atoms with van der Waals surface area (Å²) in [5, 5.41) is 20.2. The minimum atomic E-state index is -0.900. The zero-order valence-electron chi connectivity index (χ0n) is 12.0. The van der Waals surface area contributed by atoms with Crippen LogP contribution in [0.25, 0.3) is 0 Å². The summed E-state index contributed by atoms with van der Waals surface area (Å²) in [4.78, 5) is 22.4. The van der Waals surface area contributed by atoms with Gasteiger partial charge in [0.05, 0.1) is 5.56 Å². The Bertz CT molecular complexity index is 551. The minimum Gasteiger partial charge on any atom is -0.481 e. The SMILES string of the molecule is CC(CCC(=O)O)NC(=O)C(C)Oc1ccccc1C#N. The van der Waals surface area contributed by atoms with Crippen LogP contribution in [0.1, 0.15) is 32.3 Å². The van der Waals surface area contributed by atoms with Crippen LogP contribution in [0.15, 0.2) is 24.3 Å². The molecule has 0 saturated heterocycles. The summed E-state index contributed by atoms with van der Waals surface area (Å²) in [6.07, 6.45) is -0.428. The van der Waals surface area contributed by atoms with E-state index in [-0.39, 0.29) is 18.4 Å².